The number of carbonyl (C=O) groups excluding carboxylic acids is 1. The second-order valence-corrected chi connectivity index (χ2v) is 9.89. The molecule has 3 N–H and O–H groups in total. The molecule has 0 saturated heterocycles. The number of aliphatic hydroxyl groups is 1. The van der Waals surface area contributed by atoms with Gasteiger partial charge in [0.2, 0.25) is 0 Å². The fourth-order valence-corrected chi connectivity index (χ4v) is 6.40. The lowest BCUT2D eigenvalue weighted by Crippen LogP contribution is -2.41. The monoisotopic (exact) mass is 404 g/mol. The van der Waals surface area contributed by atoms with Crippen LogP contribution in [0.1, 0.15) is 42.3 Å². The Kier molecular flexibility index (Phi) is 3.80. The molecule has 3 fully saturated rings. The maximum absolute atomic E-state index is 12.7. The third kappa shape index (κ3) is 2.92. The van der Waals surface area contributed by atoms with Crippen LogP contribution in [0.25, 0.3) is 0 Å². The van der Waals surface area contributed by atoms with Gasteiger partial charge in [0.05, 0.1) is 16.8 Å². The topological polar surface area (TPSA) is 87.1 Å². The fourth-order valence-electron chi connectivity index (χ4n) is 5.56. The van der Waals surface area contributed by atoms with Crippen molar-refractivity contribution in [3.8, 4) is 0 Å². The number of fused-ring (bicyclic) bond motifs is 1. The smallest absolute Gasteiger partial charge is 0.263 e. The van der Waals surface area contributed by atoms with E-state index < -0.39 is 5.60 Å². The first kappa shape index (κ1) is 17.4. The SMILES string of the molecule is CC1CC2(O)CC3C(NC(=O)c4cnc(Nc5ccc(Cl)cn5)s4)C3(C1)C2. The summed E-state index contributed by atoms with van der Waals surface area (Å²) >= 11 is 7.14. The van der Waals surface area contributed by atoms with Crippen molar-refractivity contribution in [2.24, 2.45) is 17.3 Å². The highest BCUT2D eigenvalue weighted by Gasteiger charge is 2.74. The van der Waals surface area contributed by atoms with E-state index in [1.807, 2.05) is 0 Å². The number of nitrogens with one attached hydrogen (secondary N) is 2. The van der Waals surface area contributed by atoms with Gasteiger partial charge in [-0.05, 0) is 55.1 Å². The van der Waals surface area contributed by atoms with E-state index in [1.165, 1.54) is 11.3 Å². The number of rotatable bonds is 4. The van der Waals surface area contributed by atoms with Gasteiger partial charge < -0.3 is 15.7 Å². The van der Waals surface area contributed by atoms with Crippen LogP contribution in [-0.2, 0) is 0 Å². The number of halogens is 1. The van der Waals surface area contributed by atoms with E-state index in [2.05, 4.69) is 27.5 Å². The molecule has 2 aromatic heterocycles. The first-order chi connectivity index (χ1) is 12.9. The van der Waals surface area contributed by atoms with Gasteiger partial charge in [0, 0.05) is 12.2 Å². The quantitative estimate of drug-likeness (QED) is 0.724. The van der Waals surface area contributed by atoms with Gasteiger partial charge in [0.15, 0.2) is 5.13 Å². The van der Waals surface area contributed by atoms with E-state index in [1.54, 1.807) is 24.5 Å². The van der Waals surface area contributed by atoms with E-state index in [-0.39, 0.29) is 17.4 Å². The third-order valence-electron chi connectivity index (χ3n) is 6.34. The molecular weight excluding hydrogens is 384 g/mol. The summed E-state index contributed by atoms with van der Waals surface area (Å²) in [7, 11) is 0. The summed E-state index contributed by atoms with van der Waals surface area (Å²) in [5.74, 6) is 1.48. The third-order valence-corrected chi connectivity index (χ3v) is 7.48. The summed E-state index contributed by atoms with van der Waals surface area (Å²) in [5, 5.41) is 18.1. The van der Waals surface area contributed by atoms with Crippen LogP contribution in [-0.4, -0.2) is 32.6 Å². The standard InChI is InChI=1S/C19H21ClN4O2S/c1-10-4-18(26)6-12-15(19(12,5-10)9-18)24-16(25)13-8-22-17(27-13)23-14-3-2-11(20)7-21-14/h2-3,7-8,10,12,15,26H,4-6,9H2,1H3,(H,24,25)(H,21,22,23). The zero-order chi connectivity index (χ0) is 18.8. The first-order valence-electron chi connectivity index (χ1n) is 9.25. The van der Waals surface area contributed by atoms with Gasteiger partial charge in [-0.15, -0.1) is 0 Å². The number of carbonyl (C=O) groups is 1. The number of thiazole rings is 1. The molecular formula is C19H21ClN4O2S. The summed E-state index contributed by atoms with van der Waals surface area (Å²) in [6.07, 6.45) is 6.80. The molecule has 3 aliphatic rings. The Morgan fingerprint density at radius 1 is 1.30 bits per heavy atom. The van der Waals surface area contributed by atoms with Crippen molar-refractivity contribution in [3.05, 3.63) is 34.4 Å². The molecule has 1 spiro atoms. The molecule has 0 aliphatic heterocycles. The van der Waals surface area contributed by atoms with Crippen molar-refractivity contribution in [2.75, 3.05) is 5.32 Å². The summed E-state index contributed by atoms with van der Waals surface area (Å²) in [5.41, 5.74) is -0.391. The lowest BCUT2D eigenvalue weighted by Gasteiger charge is -2.37. The Morgan fingerprint density at radius 2 is 2.15 bits per heavy atom. The van der Waals surface area contributed by atoms with Gasteiger partial charge in [-0.25, -0.2) is 9.97 Å². The first-order valence-corrected chi connectivity index (χ1v) is 10.4. The lowest BCUT2D eigenvalue weighted by molar-refractivity contribution is -0.0216. The molecule has 3 saturated carbocycles. The number of aromatic nitrogens is 2. The number of hydrogen-bond donors (Lipinski definition) is 3. The van der Waals surface area contributed by atoms with Crippen LogP contribution in [0.3, 0.4) is 0 Å². The van der Waals surface area contributed by atoms with E-state index in [9.17, 15) is 9.90 Å². The molecule has 3 aliphatic carbocycles. The van der Waals surface area contributed by atoms with E-state index >= 15 is 0 Å². The van der Waals surface area contributed by atoms with Gasteiger partial charge in [-0.1, -0.05) is 29.9 Å². The Bertz CT molecular complexity index is 903. The van der Waals surface area contributed by atoms with Crippen LogP contribution in [0.15, 0.2) is 24.5 Å². The number of amides is 1. The van der Waals surface area contributed by atoms with E-state index in [0.29, 0.717) is 32.7 Å². The molecule has 5 rings (SSSR count). The van der Waals surface area contributed by atoms with Gasteiger partial charge in [0.25, 0.3) is 5.91 Å². The van der Waals surface area contributed by atoms with Crippen LogP contribution >= 0.6 is 22.9 Å². The normalized spacial score (nSPS) is 36.2. The zero-order valence-electron chi connectivity index (χ0n) is 14.9. The Hall–Kier alpha value is -1.70. The molecule has 142 valence electrons. The molecule has 6 nitrogen and oxygen atoms in total. The van der Waals surface area contributed by atoms with Crippen molar-refractivity contribution in [3.63, 3.8) is 0 Å². The average molecular weight is 405 g/mol. The van der Waals surface area contributed by atoms with Gasteiger partial charge >= 0.3 is 0 Å². The van der Waals surface area contributed by atoms with Gasteiger partial charge in [-0.3, -0.25) is 4.79 Å². The molecule has 1 amide bonds. The minimum atomic E-state index is -0.503. The summed E-state index contributed by atoms with van der Waals surface area (Å²) in [6.45, 7) is 2.21. The minimum absolute atomic E-state index is 0.0832. The number of pyridine rings is 1. The highest BCUT2D eigenvalue weighted by atomic mass is 35.5. The average Bonchev–Trinajstić information content (AvgIpc) is 2.94. The molecule has 2 heterocycles. The highest BCUT2D eigenvalue weighted by Crippen LogP contribution is 2.72. The van der Waals surface area contributed by atoms with Crippen LogP contribution in [0.4, 0.5) is 10.9 Å². The van der Waals surface area contributed by atoms with Crippen molar-refractivity contribution in [1.82, 2.24) is 15.3 Å². The molecule has 0 radical (unpaired) electrons. The predicted molar refractivity (Wildman–Crippen MR) is 104 cm³/mol. The largest absolute Gasteiger partial charge is 0.390 e. The summed E-state index contributed by atoms with van der Waals surface area (Å²) in [6, 6.07) is 3.69. The van der Waals surface area contributed by atoms with Crippen LogP contribution in [0.2, 0.25) is 5.02 Å². The predicted octanol–water partition coefficient (Wildman–Crippen LogP) is 3.60. The maximum atomic E-state index is 12.7. The maximum Gasteiger partial charge on any atom is 0.263 e. The van der Waals surface area contributed by atoms with Crippen molar-refractivity contribution >= 4 is 39.8 Å². The van der Waals surface area contributed by atoms with Crippen LogP contribution in [0.5, 0.6) is 0 Å². The Labute approximate surface area is 166 Å². The van der Waals surface area contributed by atoms with Crippen LogP contribution < -0.4 is 10.6 Å². The molecule has 8 heteroatoms. The number of anilines is 2. The molecule has 2 bridgehead atoms. The minimum Gasteiger partial charge on any atom is -0.390 e. The molecule has 27 heavy (non-hydrogen) atoms. The number of nitrogens with zero attached hydrogens (tertiary/aromatic N) is 2. The summed E-state index contributed by atoms with van der Waals surface area (Å²) < 4.78 is 0. The van der Waals surface area contributed by atoms with E-state index in [0.717, 1.165) is 25.7 Å². The fraction of sp³-hybridized carbons (Fsp3) is 0.526. The molecule has 2 aromatic rings. The highest BCUT2D eigenvalue weighted by molar-refractivity contribution is 7.17. The van der Waals surface area contributed by atoms with Crippen molar-refractivity contribution in [2.45, 2.75) is 44.2 Å². The second kappa shape index (κ2) is 5.90. The molecule has 0 aromatic carbocycles. The van der Waals surface area contributed by atoms with Crippen LogP contribution in [0, 0.1) is 17.3 Å². The lowest BCUT2D eigenvalue weighted by atomic mass is 9.74. The Balaban J connectivity index is 1.24. The van der Waals surface area contributed by atoms with Crippen molar-refractivity contribution < 1.29 is 9.90 Å². The molecule has 5 unspecified atom stereocenters. The summed E-state index contributed by atoms with van der Waals surface area (Å²) in [4.78, 5) is 21.7. The van der Waals surface area contributed by atoms with E-state index in [4.69, 9.17) is 11.6 Å². The van der Waals surface area contributed by atoms with Gasteiger partial charge in [0.1, 0.15) is 10.7 Å². The molecule has 5 atom stereocenters. The number of hydrogen-bond acceptors (Lipinski definition) is 6. The van der Waals surface area contributed by atoms with Gasteiger partial charge in [-0.2, -0.15) is 0 Å². The van der Waals surface area contributed by atoms with Crippen molar-refractivity contribution in [1.29, 1.82) is 0 Å². The second-order valence-electron chi connectivity index (χ2n) is 8.43. The zero-order valence-corrected chi connectivity index (χ0v) is 16.5. The Morgan fingerprint density at radius 3 is 2.93 bits per heavy atom.